The molecule has 0 spiro atoms. The molecular formula is C26H27FN4O2. The number of fused-ring (bicyclic) bond motifs is 2. The van der Waals surface area contributed by atoms with Crippen molar-refractivity contribution in [2.75, 3.05) is 6.54 Å². The van der Waals surface area contributed by atoms with Gasteiger partial charge in [0.25, 0.3) is 5.91 Å². The van der Waals surface area contributed by atoms with Crippen LogP contribution < -0.4 is 5.32 Å². The fraction of sp³-hybridized carbons (Fsp3) is 0.308. The Morgan fingerprint density at radius 1 is 1.30 bits per heavy atom. The number of H-pyrrole nitrogens is 1. The monoisotopic (exact) mass is 446 g/mol. The van der Waals surface area contributed by atoms with E-state index in [1.165, 1.54) is 12.1 Å². The van der Waals surface area contributed by atoms with Crippen molar-refractivity contribution in [2.45, 2.75) is 45.7 Å². The second-order valence-electron chi connectivity index (χ2n) is 8.49. The van der Waals surface area contributed by atoms with E-state index in [4.69, 9.17) is 4.42 Å². The zero-order valence-electron chi connectivity index (χ0n) is 18.8. The van der Waals surface area contributed by atoms with Crippen molar-refractivity contribution in [3.63, 3.8) is 0 Å². The molecule has 2 aromatic heterocycles. The first-order chi connectivity index (χ1) is 16.0. The molecule has 170 valence electrons. The maximum atomic E-state index is 13.5. The SMILES string of the molecule is CCN(C(=O)c1nc2ccc(F)cc2[nH]1)[C@@H]1C=C(NCc2oc3ccccc3c2C)CCC1. The highest BCUT2D eigenvalue weighted by Gasteiger charge is 2.27. The van der Waals surface area contributed by atoms with Crippen molar-refractivity contribution in [1.29, 1.82) is 0 Å². The van der Waals surface area contributed by atoms with E-state index in [0.717, 1.165) is 47.3 Å². The lowest BCUT2D eigenvalue weighted by molar-refractivity contribution is 0.0700. The van der Waals surface area contributed by atoms with Gasteiger partial charge in [-0.3, -0.25) is 4.79 Å². The number of aromatic amines is 1. The summed E-state index contributed by atoms with van der Waals surface area (Å²) < 4.78 is 19.5. The third kappa shape index (κ3) is 4.11. The highest BCUT2D eigenvalue weighted by Crippen LogP contribution is 2.26. The van der Waals surface area contributed by atoms with E-state index < -0.39 is 0 Å². The Morgan fingerprint density at radius 2 is 2.15 bits per heavy atom. The molecule has 2 N–H and O–H groups in total. The molecule has 0 unspecified atom stereocenters. The van der Waals surface area contributed by atoms with Gasteiger partial charge in [0, 0.05) is 23.2 Å². The lowest BCUT2D eigenvalue weighted by Gasteiger charge is -2.31. The van der Waals surface area contributed by atoms with Crippen molar-refractivity contribution in [2.24, 2.45) is 0 Å². The Kier molecular flexibility index (Phi) is 5.62. The lowest BCUT2D eigenvalue weighted by Crippen LogP contribution is -2.41. The summed E-state index contributed by atoms with van der Waals surface area (Å²) in [6, 6.07) is 12.3. The number of carbonyl (C=O) groups is 1. The van der Waals surface area contributed by atoms with Crippen LogP contribution in [0.25, 0.3) is 22.0 Å². The van der Waals surface area contributed by atoms with E-state index in [-0.39, 0.29) is 23.6 Å². The zero-order chi connectivity index (χ0) is 22.9. The van der Waals surface area contributed by atoms with Crippen LogP contribution in [0.4, 0.5) is 4.39 Å². The van der Waals surface area contributed by atoms with E-state index >= 15 is 0 Å². The van der Waals surface area contributed by atoms with Crippen molar-refractivity contribution >= 4 is 27.9 Å². The number of hydrogen-bond donors (Lipinski definition) is 2. The number of rotatable bonds is 6. The molecule has 7 heteroatoms. The van der Waals surface area contributed by atoms with Gasteiger partial charge in [0.2, 0.25) is 0 Å². The number of likely N-dealkylation sites (N-methyl/N-ethyl adjacent to an activating group) is 1. The number of benzene rings is 2. The summed E-state index contributed by atoms with van der Waals surface area (Å²) in [5.41, 5.74) is 4.27. The van der Waals surface area contributed by atoms with Gasteiger partial charge in [-0.1, -0.05) is 18.2 Å². The van der Waals surface area contributed by atoms with Gasteiger partial charge in [0.1, 0.15) is 17.2 Å². The predicted octanol–water partition coefficient (Wildman–Crippen LogP) is 5.44. The second kappa shape index (κ2) is 8.73. The minimum Gasteiger partial charge on any atom is -0.459 e. The summed E-state index contributed by atoms with van der Waals surface area (Å²) in [6.45, 7) is 5.21. The summed E-state index contributed by atoms with van der Waals surface area (Å²) in [6.07, 6.45) is 4.96. The number of allylic oxidation sites excluding steroid dienone is 1. The Labute approximate surface area is 191 Å². The number of imidazole rings is 1. The molecule has 1 amide bonds. The summed E-state index contributed by atoms with van der Waals surface area (Å²) in [7, 11) is 0. The number of amides is 1. The van der Waals surface area contributed by atoms with Gasteiger partial charge in [0.15, 0.2) is 5.82 Å². The maximum absolute atomic E-state index is 13.5. The predicted molar refractivity (Wildman–Crippen MR) is 126 cm³/mol. The van der Waals surface area contributed by atoms with Crippen molar-refractivity contribution in [1.82, 2.24) is 20.2 Å². The summed E-state index contributed by atoms with van der Waals surface area (Å²) in [5.74, 6) is 0.633. The number of nitrogens with one attached hydrogen (secondary N) is 2. The molecule has 0 saturated heterocycles. The number of aryl methyl sites for hydroxylation is 1. The molecule has 1 aliphatic rings. The topological polar surface area (TPSA) is 74.2 Å². The molecule has 0 saturated carbocycles. The molecule has 1 aliphatic carbocycles. The van der Waals surface area contributed by atoms with Crippen LogP contribution in [0, 0.1) is 12.7 Å². The van der Waals surface area contributed by atoms with Gasteiger partial charge in [-0.2, -0.15) is 0 Å². The lowest BCUT2D eigenvalue weighted by atomic mass is 9.98. The molecule has 2 aromatic carbocycles. The molecular weight excluding hydrogens is 419 g/mol. The highest BCUT2D eigenvalue weighted by atomic mass is 19.1. The van der Waals surface area contributed by atoms with Gasteiger partial charge in [0.05, 0.1) is 23.6 Å². The molecule has 0 radical (unpaired) electrons. The molecule has 6 nitrogen and oxygen atoms in total. The van der Waals surface area contributed by atoms with Crippen molar-refractivity contribution < 1.29 is 13.6 Å². The van der Waals surface area contributed by atoms with E-state index in [1.54, 1.807) is 6.07 Å². The molecule has 0 aliphatic heterocycles. The quantitative estimate of drug-likeness (QED) is 0.413. The van der Waals surface area contributed by atoms with Gasteiger partial charge < -0.3 is 19.6 Å². The maximum Gasteiger partial charge on any atom is 0.290 e. The average Bonchev–Trinajstić information content (AvgIpc) is 3.39. The number of hydrogen-bond acceptors (Lipinski definition) is 4. The van der Waals surface area contributed by atoms with E-state index in [0.29, 0.717) is 24.1 Å². The smallest absolute Gasteiger partial charge is 0.290 e. The van der Waals surface area contributed by atoms with Crippen LogP contribution in [0.1, 0.15) is 48.1 Å². The van der Waals surface area contributed by atoms with Gasteiger partial charge in [-0.25, -0.2) is 9.37 Å². The normalized spacial score (nSPS) is 16.2. The first kappa shape index (κ1) is 21.2. The van der Waals surface area contributed by atoms with E-state index in [2.05, 4.69) is 34.4 Å². The van der Waals surface area contributed by atoms with Crippen LogP contribution >= 0.6 is 0 Å². The molecule has 0 fully saturated rings. The number of para-hydroxylation sites is 1. The summed E-state index contributed by atoms with van der Waals surface area (Å²) >= 11 is 0. The Bertz CT molecular complexity index is 1350. The van der Waals surface area contributed by atoms with E-state index in [1.807, 2.05) is 30.0 Å². The third-order valence-electron chi connectivity index (χ3n) is 6.41. The Hall–Kier alpha value is -3.61. The second-order valence-corrected chi connectivity index (χ2v) is 8.49. The average molecular weight is 447 g/mol. The summed E-state index contributed by atoms with van der Waals surface area (Å²) in [4.78, 5) is 22.4. The molecule has 1 atom stereocenters. The van der Waals surface area contributed by atoms with Crippen LogP contribution in [0.2, 0.25) is 0 Å². The largest absolute Gasteiger partial charge is 0.459 e. The standard InChI is InChI=1S/C26H27FN4O2/c1-3-31(26(32)25-29-21-12-11-17(27)13-22(21)30-25)19-8-6-7-18(14-19)28-15-24-16(2)20-9-4-5-10-23(20)33-24/h4-5,9-14,19,28H,3,6-8,15H2,1-2H3,(H,29,30)/t19-/m0/s1. The fourth-order valence-corrected chi connectivity index (χ4v) is 4.63. The van der Waals surface area contributed by atoms with Crippen LogP contribution in [-0.2, 0) is 6.54 Å². The van der Waals surface area contributed by atoms with Gasteiger partial charge in [-0.05, 0) is 63.5 Å². The first-order valence-electron chi connectivity index (χ1n) is 11.4. The molecule has 4 aromatic rings. The molecule has 33 heavy (non-hydrogen) atoms. The van der Waals surface area contributed by atoms with Crippen LogP contribution in [0.3, 0.4) is 0 Å². The number of aromatic nitrogens is 2. The molecule has 5 rings (SSSR count). The van der Waals surface area contributed by atoms with Gasteiger partial charge >= 0.3 is 0 Å². The van der Waals surface area contributed by atoms with Crippen molar-refractivity contribution in [3.05, 3.63) is 77.2 Å². The minimum atomic E-state index is -0.358. The van der Waals surface area contributed by atoms with Gasteiger partial charge in [-0.15, -0.1) is 0 Å². The van der Waals surface area contributed by atoms with Crippen molar-refractivity contribution in [3.8, 4) is 0 Å². The first-order valence-corrected chi connectivity index (χ1v) is 11.4. The van der Waals surface area contributed by atoms with E-state index in [9.17, 15) is 9.18 Å². The summed E-state index contributed by atoms with van der Waals surface area (Å²) in [5, 5.41) is 4.66. The highest BCUT2D eigenvalue weighted by molar-refractivity contribution is 5.94. The number of carbonyl (C=O) groups excluding carboxylic acids is 1. The zero-order valence-corrected chi connectivity index (χ0v) is 18.8. The minimum absolute atomic E-state index is 0.0273. The molecule has 2 heterocycles. The Morgan fingerprint density at radius 3 is 2.97 bits per heavy atom. The Balaban J connectivity index is 1.32. The van der Waals surface area contributed by atoms with Crippen LogP contribution in [0.15, 0.2) is 58.7 Å². The fourth-order valence-electron chi connectivity index (χ4n) is 4.63. The number of nitrogens with zero attached hydrogens (tertiary/aromatic N) is 2. The van der Waals surface area contributed by atoms with Crippen LogP contribution in [-0.4, -0.2) is 33.4 Å². The molecule has 0 bridgehead atoms. The third-order valence-corrected chi connectivity index (χ3v) is 6.41. The number of furan rings is 1. The van der Waals surface area contributed by atoms with Crippen LogP contribution in [0.5, 0.6) is 0 Å². The number of halogens is 1.